The van der Waals surface area contributed by atoms with Crippen LogP contribution in [0.5, 0.6) is 5.75 Å². The normalized spacial score (nSPS) is 10.7. The lowest BCUT2D eigenvalue weighted by atomic mass is 10.2. The van der Waals surface area contributed by atoms with E-state index in [1.165, 1.54) is 0 Å². The molecule has 0 aliphatic carbocycles. The van der Waals surface area contributed by atoms with Crippen LogP contribution in [-0.4, -0.2) is 22.1 Å². The zero-order valence-corrected chi connectivity index (χ0v) is 13.2. The second kappa shape index (κ2) is 6.52. The fourth-order valence-corrected chi connectivity index (χ4v) is 2.40. The van der Waals surface area contributed by atoms with Crippen LogP contribution in [0.4, 0.5) is 0 Å². The first-order chi connectivity index (χ1) is 11.1. The highest BCUT2D eigenvalue weighted by atomic mass is 16.5. The third kappa shape index (κ3) is 3.51. The van der Waals surface area contributed by atoms with Gasteiger partial charge in [-0.05, 0) is 36.2 Å². The standard InChI is InChI=1S/C18H19N3O2/c1-13-5-3-4-6-17(13)23-11-18(22)19-10-14-7-8-16-15(9-14)20-12-21(16)2/h3-9,12H,10-11H2,1-2H3,(H,19,22). The monoisotopic (exact) mass is 309 g/mol. The second-order valence-corrected chi connectivity index (χ2v) is 5.51. The van der Waals surface area contributed by atoms with Crippen LogP contribution >= 0.6 is 0 Å². The van der Waals surface area contributed by atoms with Gasteiger partial charge in [-0.3, -0.25) is 4.79 Å². The van der Waals surface area contributed by atoms with Crippen molar-refractivity contribution in [1.29, 1.82) is 0 Å². The number of hydrogen-bond donors (Lipinski definition) is 1. The average Bonchev–Trinajstić information content (AvgIpc) is 2.93. The van der Waals surface area contributed by atoms with Crippen LogP contribution in [0.2, 0.25) is 0 Å². The quantitative estimate of drug-likeness (QED) is 0.788. The van der Waals surface area contributed by atoms with Gasteiger partial charge in [-0.15, -0.1) is 0 Å². The van der Waals surface area contributed by atoms with Gasteiger partial charge in [0.1, 0.15) is 5.75 Å². The molecule has 0 unspecified atom stereocenters. The number of carbonyl (C=O) groups is 1. The van der Waals surface area contributed by atoms with Gasteiger partial charge in [0.25, 0.3) is 5.91 Å². The topological polar surface area (TPSA) is 56.1 Å². The maximum absolute atomic E-state index is 11.9. The molecule has 118 valence electrons. The number of ether oxygens (including phenoxy) is 1. The second-order valence-electron chi connectivity index (χ2n) is 5.51. The zero-order chi connectivity index (χ0) is 16.2. The van der Waals surface area contributed by atoms with Crippen molar-refractivity contribution in [2.75, 3.05) is 6.61 Å². The Balaban J connectivity index is 1.54. The third-order valence-corrected chi connectivity index (χ3v) is 3.73. The van der Waals surface area contributed by atoms with E-state index in [4.69, 9.17) is 4.74 Å². The maximum atomic E-state index is 11.9. The molecular formula is C18H19N3O2. The average molecular weight is 309 g/mol. The Bertz CT molecular complexity index is 839. The summed E-state index contributed by atoms with van der Waals surface area (Å²) in [5.41, 5.74) is 4.03. The molecule has 0 aliphatic heterocycles. The minimum atomic E-state index is -0.144. The van der Waals surface area contributed by atoms with Crippen molar-refractivity contribution in [3.05, 3.63) is 59.9 Å². The van der Waals surface area contributed by atoms with E-state index in [1.54, 1.807) is 6.33 Å². The number of fused-ring (bicyclic) bond motifs is 1. The van der Waals surface area contributed by atoms with Gasteiger partial charge in [-0.2, -0.15) is 0 Å². The highest BCUT2D eigenvalue weighted by Gasteiger charge is 2.06. The number of nitrogens with zero attached hydrogens (tertiary/aromatic N) is 2. The fraction of sp³-hybridized carbons (Fsp3) is 0.222. The highest BCUT2D eigenvalue weighted by molar-refractivity contribution is 5.78. The molecule has 0 saturated carbocycles. The van der Waals surface area contributed by atoms with E-state index >= 15 is 0 Å². The number of aryl methyl sites for hydroxylation is 2. The number of imidazole rings is 1. The fourth-order valence-electron chi connectivity index (χ4n) is 2.40. The Morgan fingerprint density at radius 1 is 1.26 bits per heavy atom. The Morgan fingerprint density at radius 3 is 2.91 bits per heavy atom. The predicted octanol–water partition coefficient (Wildman–Crippen LogP) is 2.58. The van der Waals surface area contributed by atoms with Gasteiger partial charge in [0, 0.05) is 13.6 Å². The zero-order valence-electron chi connectivity index (χ0n) is 13.2. The van der Waals surface area contributed by atoms with Crippen molar-refractivity contribution in [3.63, 3.8) is 0 Å². The summed E-state index contributed by atoms with van der Waals surface area (Å²) in [4.78, 5) is 16.2. The van der Waals surface area contributed by atoms with Gasteiger partial charge in [0.15, 0.2) is 6.61 Å². The molecule has 1 aromatic heterocycles. The molecule has 1 amide bonds. The van der Waals surface area contributed by atoms with Crippen LogP contribution in [0, 0.1) is 6.92 Å². The summed E-state index contributed by atoms with van der Waals surface area (Å²) in [6.45, 7) is 2.43. The first-order valence-corrected chi connectivity index (χ1v) is 7.48. The number of hydrogen-bond acceptors (Lipinski definition) is 3. The van der Waals surface area contributed by atoms with Crippen LogP contribution in [0.15, 0.2) is 48.8 Å². The molecule has 0 radical (unpaired) electrons. The summed E-state index contributed by atoms with van der Waals surface area (Å²) in [5.74, 6) is 0.590. The Hall–Kier alpha value is -2.82. The van der Waals surface area contributed by atoms with E-state index in [-0.39, 0.29) is 12.5 Å². The van der Waals surface area contributed by atoms with Gasteiger partial charge >= 0.3 is 0 Å². The summed E-state index contributed by atoms with van der Waals surface area (Å²) < 4.78 is 7.50. The highest BCUT2D eigenvalue weighted by Crippen LogP contribution is 2.16. The van der Waals surface area contributed by atoms with Gasteiger partial charge in [0.05, 0.1) is 17.4 Å². The van der Waals surface area contributed by atoms with Crippen LogP contribution in [0.25, 0.3) is 11.0 Å². The van der Waals surface area contributed by atoms with Crippen LogP contribution in [0.1, 0.15) is 11.1 Å². The molecule has 0 fully saturated rings. The first-order valence-electron chi connectivity index (χ1n) is 7.48. The number of benzene rings is 2. The maximum Gasteiger partial charge on any atom is 0.258 e. The van der Waals surface area contributed by atoms with Gasteiger partial charge in [-0.1, -0.05) is 24.3 Å². The molecule has 5 heteroatoms. The lowest BCUT2D eigenvalue weighted by molar-refractivity contribution is -0.123. The number of aromatic nitrogens is 2. The molecule has 0 spiro atoms. The Morgan fingerprint density at radius 2 is 2.09 bits per heavy atom. The van der Waals surface area contributed by atoms with E-state index in [1.807, 2.05) is 61.0 Å². The Labute approximate surface area is 134 Å². The van der Waals surface area contributed by atoms with Gasteiger partial charge in [-0.25, -0.2) is 4.98 Å². The van der Waals surface area contributed by atoms with E-state index in [0.717, 1.165) is 27.9 Å². The van der Waals surface area contributed by atoms with E-state index in [9.17, 15) is 4.79 Å². The van der Waals surface area contributed by atoms with Crippen LogP contribution in [0.3, 0.4) is 0 Å². The summed E-state index contributed by atoms with van der Waals surface area (Å²) in [6.07, 6.45) is 1.78. The third-order valence-electron chi connectivity index (χ3n) is 3.73. The smallest absolute Gasteiger partial charge is 0.258 e. The molecule has 0 aliphatic rings. The molecule has 5 nitrogen and oxygen atoms in total. The summed E-state index contributed by atoms with van der Waals surface area (Å²) in [7, 11) is 1.96. The van der Waals surface area contributed by atoms with E-state index in [2.05, 4.69) is 10.3 Å². The van der Waals surface area contributed by atoms with Crippen molar-refractivity contribution < 1.29 is 9.53 Å². The van der Waals surface area contributed by atoms with Crippen molar-refractivity contribution in [3.8, 4) is 5.75 Å². The lowest BCUT2D eigenvalue weighted by Crippen LogP contribution is -2.28. The molecular weight excluding hydrogens is 290 g/mol. The Kier molecular flexibility index (Phi) is 4.28. The molecule has 2 aromatic carbocycles. The molecule has 3 rings (SSSR count). The van der Waals surface area contributed by atoms with Crippen molar-refractivity contribution in [1.82, 2.24) is 14.9 Å². The van der Waals surface area contributed by atoms with Gasteiger partial charge in [0.2, 0.25) is 0 Å². The summed E-state index contributed by atoms with van der Waals surface area (Å²) >= 11 is 0. The molecule has 3 aromatic rings. The van der Waals surface area contributed by atoms with Crippen molar-refractivity contribution in [2.24, 2.45) is 7.05 Å². The lowest BCUT2D eigenvalue weighted by Gasteiger charge is -2.09. The minimum absolute atomic E-state index is 0.0106. The van der Waals surface area contributed by atoms with Crippen molar-refractivity contribution >= 4 is 16.9 Å². The number of carbonyl (C=O) groups excluding carboxylic acids is 1. The van der Waals surface area contributed by atoms with Crippen LogP contribution in [-0.2, 0) is 18.4 Å². The number of nitrogens with one attached hydrogen (secondary N) is 1. The van der Waals surface area contributed by atoms with E-state index in [0.29, 0.717) is 6.54 Å². The number of para-hydroxylation sites is 1. The largest absolute Gasteiger partial charge is 0.484 e. The van der Waals surface area contributed by atoms with Gasteiger partial charge < -0.3 is 14.6 Å². The minimum Gasteiger partial charge on any atom is -0.484 e. The predicted molar refractivity (Wildman–Crippen MR) is 89.2 cm³/mol. The number of rotatable bonds is 5. The molecule has 0 bridgehead atoms. The van der Waals surface area contributed by atoms with Crippen LogP contribution < -0.4 is 10.1 Å². The van der Waals surface area contributed by atoms with Crippen molar-refractivity contribution in [2.45, 2.75) is 13.5 Å². The molecule has 23 heavy (non-hydrogen) atoms. The SMILES string of the molecule is Cc1ccccc1OCC(=O)NCc1ccc2c(c1)ncn2C. The first kappa shape index (κ1) is 15.1. The molecule has 1 N–H and O–H groups in total. The summed E-state index contributed by atoms with van der Waals surface area (Å²) in [5, 5.41) is 2.86. The molecule has 0 saturated heterocycles. The number of amides is 1. The van der Waals surface area contributed by atoms with E-state index < -0.39 is 0 Å². The molecule has 0 atom stereocenters. The summed E-state index contributed by atoms with van der Waals surface area (Å²) in [6, 6.07) is 13.6. The molecule has 1 heterocycles.